The molecule has 0 fully saturated rings. The van der Waals surface area contributed by atoms with Crippen molar-refractivity contribution < 1.29 is 13.2 Å². The van der Waals surface area contributed by atoms with Crippen molar-refractivity contribution >= 4 is 44.6 Å². The van der Waals surface area contributed by atoms with Crippen LogP contribution in [0.5, 0.6) is 0 Å². The van der Waals surface area contributed by atoms with Crippen molar-refractivity contribution in [3.05, 3.63) is 82.3 Å². The number of halogens is 1. The summed E-state index contributed by atoms with van der Waals surface area (Å²) in [5.74, 6) is -0.419. The zero-order valence-corrected chi connectivity index (χ0v) is 18.6. The number of carbonyl (C=O) groups is 1. The third-order valence-corrected chi connectivity index (χ3v) is 6.85. The molecule has 0 bridgehead atoms. The summed E-state index contributed by atoms with van der Waals surface area (Å²) in [5, 5.41) is 4.15. The van der Waals surface area contributed by atoms with Crippen molar-refractivity contribution in [2.75, 3.05) is 11.9 Å². The number of aromatic nitrogens is 1. The molecule has 3 aromatic rings. The average molecular weight is 462 g/mol. The van der Waals surface area contributed by atoms with E-state index in [1.165, 1.54) is 17.4 Å². The summed E-state index contributed by atoms with van der Waals surface area (Å²) >= 11 is 7.33. The largest absolute Gasteiger partial charge is 0.321 e. The van der Waals surface area contributed by atoms with Crippen LogP contribution < -0.4 is 10.0 Å². The molecular weight excluding hydrogens is 442 g/mol. The van der Waals surface area contributed by atoms with Crippen LogP contribution in [0.1, 0.15) is 20.9 Å². The maximum Gasteiger partial charge on any atom is 0.267 e. The third kappa shape index (κ3) is 5.76. The molecule has 1 heterocycles. The number of sulfonamides is 1. The van der Waals surface area contributed by atoms with Crippen LogP contribution in [0.2, 0.25) is 5.02 Å². The molecular formula is C21H20ClN3O3S2. The predicted molar refractivity (Wildman–Crippen MR) is 123 cm³/mol. The second-order valence-electron chi connectivity index (χ2n) is 6.49. The monoisotopic (exact) mass is 461 g/mol. The highest BCUT2D eigenvalue weighted by Crippen LogP contribution is 2.30. The fourth-order valence-electron chi connectivity index (χ4n) is 2.68. The van der Waals surface area contributed by atoms with Crippen LogP contribution in [0.3, 0.4) is 0 Å². The van der Waals surface area contributed by atoms with E-state index in [2.05, 4.69) is 21.6 Å². The molecule has 0 aliphatic heterocycles. The zero-order valence-electron chi connectivity index (χ0n) is 16.2. The lowest BCUT2D eigenvalue weighted by Gasteiger charge is -2.07. The summed E-state index contributed by atoms with van der Waals surface area (Å²) in [7, 11) is -3.43. The number of carbonyl (C=O) groups excluding carboxylic acids is 1. The predicted octanol–water partition coefficient (Wildman–Crippen LogP) is 4.63. The number of hydrogen-bond donors (Lipinski definition) is 2. The summed E-state index contributed by atoms with van der Waals surface area (Å²) < 4.78 is 26.3. The molecule has 3 rings (SSSR count). The van der Waals surface area contributed by atoms with Crippen LogP contribution in [0.25, 0.3) is 10.6 Å². The van der Waals surface area contributed by atoms with Gasteiger partial charge in [0.2, 0.25) is 10.0 Å². The first-order chi connectivity index (χ1) is 14.3. The van der Waals surface area contributed by atoms with Crippen LogP contribution in [0.15, 0.2) is 61.2 Å². The molecule has 0 atom stereocenters. The van der Waals surface area contributed by atoms with Crippen molar-refractivity contribution in [2.45, 2.75) is 12.7 Å². The second kappa shape index (κ2) is 9.53. The molecule has 0 aliphatic rings. The molecule has 0 spiro atoms. The minimum atomic E-state index is -3.43. The van der Waals surface area contributed by atoms with E-state index >= 15 is 0 Å². The SMILES string of the molecule is C=CCNS(=O)(=O)Cc1ccc(NC(=O)c2sc(-c3cccc(Cl)c3)nc2C)cc1. The number of amides is 1. The Bertz CT molecular complexity index is 1170. The average Bonchev–Trinajstić information content (AvgIpc) is 3.10. The summed E-state index contributed by atoms with van der Waals surface area (Å²) in [4.78, 5) is 17.7. The van der Waals surface area contributed by atoms with Gasteiger partial charge in [-0.05, 0) is 36.8 Å². The molecule has 1 amide bonds. The molecule has 0 radical (unpaired) electrons. The van der Waals surface area contributed by atoms with Crippen LogP contribution in [-0.2, 0) is 15.8 Å². The first-order valence-electron chi connectivity index (χ1n) is 8.99. The van der Waals surface area contributed by atoms with Gasteiger partial charge in [0.15, 0.2) is 0 Å². The van der Waals surface area contributed by atoms with E-state index in [-0.39, 0.29) is 18.2 Å². The fraction of sp³-hybridized carbons (Fsp3) is 0.143. The van der Waals surface area contributed by atoms with Gasteiger partial charge in [0.05, 0.1) is 11.4 Å². The Hall–Kier alpha value is -2.52. The summed E-state index contributed by atoms with van der Waals surface area (Å²) in [5.41, 5.74) is 2.66. The Morgan fingerprint density at radius 3 is 2.63 bits per heavy atom. The third-order valence-electron chi connectivity index (χ3n) is 4.09. The lowest BCUT2D eigenvalue weighted by atomic mass is 10.2. The van der Waals surface area contributed by atoms with Crippen molar-refractivity contribution in [2.24, 2.45) is 0 Å². The molecule has 2 N–H and O–H groups in total. The number of rotatable bonds is 8. The van der Waals surface area contributed by atoms with Gasteiger partial charge in [0.25, 0.3) is 5.91 Å². The highest BCUT2D eigenvalue weighted by atomic mass is 35.5. The van der Waals surface area contributed by atoms with Crippen molar-refractivity contribution in [3.63, 3.8) is 0 Å². The highest BCUT2D eigenvalue weighted by Gasteiger charge is 2.17. The Kier molecular flexibility index (Phi) is 7.04. The summed E-state index contributed by atoms with van der Waals surface area (Å²) in [6.07, 6.45) is 1.48. The fourth-order valence-corrected chi connectivity index (χ4v) is 4.93. The quantitative estimate of drug-likeness (QED) is 0.479. The molecule has 156 valence electrons. The minimum Gasteiger partial charge on any atom is -0.321 e. The number of nitrogens with one attached hydrogen (secondary N) is 2. The van der Waals surface area contributed by atoms with E-state index in [9.17, 15) is 13.2 Å². The van der Waals surface area contributed by atoms with E-state index in [0.29, 0.717) is 31.9 Å². The van der Waals surface area contributed by atoms with Gasteiger partial charge in [0.1, 0.15) is 9.88 Å². The number of aryl methyl sites for hydroxylation is 1. The minimum absolute atomic E-state index is 0.147. The maximum atomic E-state index is 12.7. The molecule has 2 aromatic carbocycles. The number of thiazole rings is 1. The van der Waals surface area contributed by atoms with Gasteiger partial charge in [-0.2, -0.15) is 0 Å². The van der Waals surface area contributed by atoms with E-state index in [1.54, 1.807) is 43.3 Å². The van der Waals surface area contributed by atoms with E-state index < -0.39 is 10.0 Å². The van der Waals surface area contributed by atoms with Crippen molar-refractivity contribution in [1.82, 2.24) is 9.71 Å². The Morgan fingerprint density at radius 1 is 1.23 bits per heavy atom. The second-order valence-corrected chi connectivity index (χ2v) is 9.73. The smallest absolute Gasteiger partial charge is 0.267 e. The lowest BCUT2D eigenvalue weighted by molar-refractivity contribution is 0.103. The molecule has 0 unspecified atom stereocenters. The summed E-state index contributed by atoms with van der Waals surface area (Å²) in [6.45, 7) is 5.45. The van der Waals surface area contributed by atoms with Gasteiger partial charge < -0.3 is 5.32 Å². The van der Waals surface area contributed by atoms with Gasteiger partial charge >= 0.3 is 0 Å². The van der Waals surface area contributed by atoms with Crippen LogP contribution >= 0.6 is 22.9 Å². The van der Waals surface area contributed by atoms with E-state index in [0.717, 1.165) is 5.56 Å². The Balaban J connectivity index is 1.70. The first-order valence-corrected chi connectivity index (χ1v) is 11.8. The Labute approximate surface area is 184 Å². The standard InChI is InChI=1S/C21H20ClN3O3S2/c1-3-11-23-30(27,28)13-15-7-9-18(10-8-15)25-20(26)19-14(2)24-21(29-19)16-5-4-6-17(22)12-16/h3-10,12,23H,1,11,13H2,2H3,(H,25,26). The number of nitrogens with zero attached hydrogens (tertiary/aromatic N) is 1. The Morgan fingerprint density at radius 2 is 1.97 bits per heavy atom. The number of anilines is 1. The highest BCUT2D eigenvalue weighted by molar-refractivity contribution is 7.88. The van der Waals surface area contributed by atoms with Crippen LogP contribution in [-0.4, -0.2) is 25.9 Å². The molecule has 0 saturated carbocycles. The van der Waals surface area contributed by atoms with Gasteiger partial charge in [-0.1, -0.05) is 41.9 Å². The van der Waals surface area contributed by atoms with Gasteiger partial charge in [-0.25, -0.2) is 18.1 Å². The van der Waals surface area contributed by atoms with E-state index in [4.69, 9.17) is 11.6 Å². The lowest BCUT2D eigenvalue weighted by Crippen LogP contribution is -2.25. The van der Waals surface area contributed by atoms with Crippen molar-refractivity contribution in [1.29, 1.82) is 0 Å². The number of hydrogen-bond acceptors (Lipinski definition) is 5. The van der Waals surface area contributed by atoms with Crippen LogP contribution in [0.4, 0.5) is 5.69 Å². The maximum absolute atomic E-state index is 12.7. The summed E-state index contributed by atoms with van der Waals surface area (Å²) in [6, 6.07) is 14.0. The first kappa shape index (κ1) is 22.2. The van der Waals surface area contributed by atoms with E-state index in [1.807, 2.05) is 12.1 Å². The van der Waals surface area contributed by atoms with Gasteiger partial charge in [-0.15, -0.1) is 17.9 Å². The molecule has 6 nitrogen and oxygen atoms in total. The van der Waals surface area contributed by atoms with Crippen LogP contribution in [0, 0.1) is 6.92 Å². The molecule has 0 saturated heterocycles. The zero-order chi connectivity index (χ0) is 21.7. The molecule has 1 aromatic heterocycles. The topological polar surface area (TPSA) is 88.2 Å². The van der Waals surface area contributed by atoms with Gasteiger partial charge in [0, 0.05) is 22.8 Å². The molecule has 30 heavy (non-hydrogen) atoms. The van der Waals surface area contributed by atoms with Gasteiger partial charge in [-0.3, -0.25) is 4.79 Å². The number of benzene rings is 2. The molecule has 0 aliphatic carbocycles. The molecule has 9 heteroatoms. The van der Waals surface area contributed by atoms with Crippen molar-refractivity contribution in [3.8, 4) is 10.6 Å². The normalized spacial score (nSPS) is 11.3.